The van der Waals surface area contributed by atoms with Gasteiger partial charge in [0.15, 0.2) is 5.65 Å². The molecule has 3 aromatic heterocycles. The number of nitrogens with zero attached hydrogens (tertiary/aromatic N) is 4. The fourth-order valence-electron chi connectivity index (χ4n) is 2.91. The number of aryl methyl sites for hydroxylation is 1. The minimum atomic E-state index is -0.565. The average Bonchev–Trinajstić information content (AvgIpc) is 3.07. The summed E-state index contributed by atoms with van der Waals surface area (Å²) in [6, 6.07) is 6.61. The molecule has 9 nitrogen and oxygen atoms in total. The predicted molar refractivity (Wildman–Crippen MR) is 109 cm³/mol. The molecule has 0 bridgehead atoms. The van der Waals surface area contributed by atoms with Crippen molar-refractivity contribution < 1.29 is 13.9 Å². The molecule has 0 unspecified atom stereocenters. The lowest BCUT2D eigenvalue weighted by molar-refractivity contribution is 0.168. The van der Waals surface area contributed by atoms with Crippen LogP contribution in [0, 0.1) is 0 Å². The molecule has 0 aliphatic rings. The van der Waals surface area contributed by atoms with E-state index >= 15 is 0 Å². The zero-order chi connectivity index (χ0) is 20.4. The molecular weight excluding hydrogens is 394 g/mol. The lowest BCUT2D eigenvalue weighted by atomic mass is 10.1. The molecule has 0 atom stereocenters. The Labute approximate surface area is 169 Å². The number of rotatable bonds is 5. The number of benzene rings is 1. The summed E-state index contributed by atoms with van der Waals surface area (Å²) in [5.74, 6) is 0.508. The third-order valence-electron chi connectivity index (χ3n) is 4.21. The Morgan fingerprint density at radius 1 is 1.28 bits per heavy atom. The van der Waals surface area contributed by atoms with Gasteiger partial charge in [-0.05, 0) is 24.6 Å². The molecular formula is C19H17N5O4S. The number of nitrogens with one attached hydrogen (secondary N) is 1. The average molecular weight is 411 g/mol. The van der Waals surface area contributed by atoms with Crippen LogP contribution in [0.25, 0.3) is 22.0 Å². The van der Waals surface area contributed by atoms with Gasteiger partial charge in [-0.25, -0.2) is 19.6 Å². The summed E-state index contributed by atoms with van der Waals surface area (Å²) in [5, 5.41) is 9.23. The third-order valence-corrected chi connectivity index (χ3v) is 5.26. The topological polar surface area (TPSA) is 112 Å². The Bertz CT molecular complexity index is 1270. The molecule has 0 spiro atoms. The van der Waals surface area contributed by atoms with Gasteiger partial charge in [-0.2, -0.15) is 5.10 Å². The molecule has 148 valence electrons. The van der Waals surface area contributed by atoms with Gasteiger partial charge in [0.05, 0.1) is 18.2 Å². The summed E-state index contributed by atoms with van der Waals surface area (Å²) in [6.07, 6.45) is 2.66. The number of anilines is 1. The van der Waals surface area contributed by atoms with Crippen LogP contribution in [0.15, 0.2) is 51.0 Å². The number of hydrogen-bond donors (Lipinski definition) is 1. The number of hydrogen-bond acceptors (Lipinski definition) is 8. The Morgan fingerprint density at radius 3 is 2.97 bits per heavy atom. The van der Waals surface area contributed by atoms with Crippen molar-refractivity contribution >= 4 is 45.5 Å². The van der Waals surface area contributed by atoms with Crippen LogP contribution in [0.4, 0.5) is 10.5 Å². The maximum atomic E-state index is 12.0. The second kappa shape index (κ2) is 7.92. The van der Waals surface area contributed by atoms with E-state index in [-0.39, 0.29) is 6.61 Å². The van der Waals surface area contributed by atoms with Gasteiger partial charge in [0.25, 0.3) is 0 Å². The highest BCUT2D eigenvalue weighted by molar-refractivity contribution is 7.98. The van der Waals surface area contributed by atoms with Crippen LogP contribution in [-0.4, -0.2) is 32.4 Å². The number of fused-ring (bicyclic) bond motifs is 2. The van der Waals surface area contributed by atoms with Gasteiger partial charge < -0.3 is 9.15 Å². The minimum Gasteiger partial charge on any atom is -0.450 e. The Kier molecular flexibility index (Phi) is 5.17. The van der Waals surface area contributed by atoms with Crippen LogP contribution >= 0.6 is 11.8 Å². The molecule has 29 heavy (non-hydrogen) atoms. The molecule has 0 saturated carbocycles. The van der Waals surface area contributed by atoms with Crippen molar-refractivity contribution in [2.24, 2.45) is 7.05 Å². The van der Waals surface area contributed by atoms with Gasteiger partial charge in [0, 0.05) is 36.0 Å². The first kappa shape index (κ1) is 18.9. The molecule has 4 aromatic rings. The quantitative estimate of drug-likeness (QED) is 0.302. The van der Waals surface area contributed by atoms with Gasteiger partial charge >= 0.3 is 11.7 Å². The van der Waals surface area contributed by atoms with E-state index < -0.39 is 11.7 Å². The van der Waals surface area contributed by atoms with Crippen LogP contribution in [0.1, 0.15) is 12.5 Å². The number of amides is 1. The lowest BCUT2D eigenvalue weighted by Gasteiger charge is -2.08. The van der Waals surface area contributed by atoms with E-state index in [1.807, 2.05) is 7.05 Å². The predicted octanol–water partition coefficient (Wildman–Crippen LogP) is 3.33. The third kappa shape index (κ3) is 3.92. The maximum absolute atomic E-state index is 12.0. The van der Waals surface area contributed by atoms with Crippen LogP contribution in [0.3, 0.4) is 0 Å². The van der Waals surface area contributed by atoms with Gasteiger partial charge in [-0.3, -0.25) is 10.00 Å². The number of carbonyl (C=O) groups is 1. The number of thioether (sulfide) groups is 1. The normalized spacial score (nSPS) is 11.1. The van der Waals surface area contributed by atoms with Crippen LogP contribution in [-0.2, 0) is 17.5 Å². The molecule has 3 heterocycles. The van der Waals surface area contributed by atoms with E-state index in [1.54, 1.807) is 36.0 Å². The molecule has 1 N–H and O–H groups in total. The highest BCUT2D eigenvalue weighted by Crippen LogP contribution is 2.30. The molecule has 1 amide bonds. The van der Waals surface area contributed by atoms with Gasteiger partial charge in [-0.15, -0.1) is 11.8 Å². The second-order valence-electron chi connectivity index (χ2n) is 6.12. The summed E-state index contributed by atoms with van der Waals surface area (Å²) in [4.78, 5) is 32.2. The smallest absolute Gasteiger partial charge is 0.411 e. The lowest BCUT2D eigenvalue weighted by Crippen LogP contribution is -2.13. The van der Waals surface area contributed by atoms with Gasteiger partial charge in [0.2, 0.25) is 0 Å². The van der Waals surface area contributed by atoms with E-state index in [9.17, 15) is 9.59 Å². The second-order valence-corrected chi connectivity index (χ2v) is 7.08. The van der Waals surface area contributed by atoms with E-state index in [1.165, 1.54) is 24.2 Å². The highest BCUT2D eigenvalue weighted by atomic mass is 32.2. The molecule has 4 rings (SSSR count). The Morgan fingerprint density at radius 2 is 2.14 bits per heavy atom. The fourth-order valence-corrected chi connectivity index (χ4v) is 3.87. The first-order valence-corrected chi connectivity index (χ1v) is 9.80. The largest absolute Gasteiger partial charge is 0.450 e. The zero-order valence-electron chi connectivity index (χ0n) is 15.7. The number of ether oxygens (including phenoxy) is 1. The summed E-state index contributed by atoms with van der Waals surface area (Å²) in [7, 11) is 1.82. The standard InChI is InChI=1S/C19H17N5O4S/c1-3-27-19(26)23-12-4-5-13-11(6-16(25)28-15(13)7-12)9-29-18-14-8-22-24(2)17(14)20-10-21-18/h4-8,10H,3,9H2,1-2H3,(H,23,26). The van der Waals surface area contributed by atoms with E-state index in [4.69, 9.17) is 9.15 Å². The van der Waals surface area contributed by atoms with E-state index in [2.05, 4.69) is 20.4 Å². The zero-order valence-corrected chi connectivity index (χ0v) is 16.5. The van der Waals surface area contributed by atoms with Crippen molar-refractivity contribution in [2.45, 2.75) is 17.7 Å². The number of carbonyl (C=O) groups excluding carboxylic acids is 1. The molecule has 0 saturated heterocycles. The Hall–Kier alpha value is -3.40. The molecule has 0 fully saturated rings. The van der Waals surface area contributed by atoms with Crippen LogP contribution in [0.5, 0.6) is 0 Å². The summed E-state index contributed by atoms with van der Waals surface area (Å²) >= 11 is 1.49. The van der Waals surface area contributed by atoms with Crippen LogP contribution < -0.4 is 10.9 Å². The van der Waals surface area contributed by atoms with E-state index in [0.717, 1.165) is 27.0 Å². The van der Waals surface area contributed by atoms with Crippen LogP contribution in [0.2, 0.25) is 0 Å². The van der Waals surface area contributed by atoms with Gasteiger partial charge in [0.1, 0.15) is 16.9 Å². The first-order chi connectivity index (χ1) is 14.0. The van der Waals surface area contributed by atoms with Crippen molar-refractivity contribution in [3.8, 4) is 0 Å². The monoisotopic (exact) mass is 411 g/mol. The molecule has 1 aromatic carbocycles. The minimum absolute atomic E-state index is 0.267. The van der Waals surface area contributed by atoms with Crippen molar-refractivity contribution in [1.29, 1.82) is 0 Å². The summed E-state index contributed by atoms with van der Waals surface area (Å²) in [6.45, 7) is 1.99. The maximum Gasteiger partial charge on any atom is 0.411 e. The summed E-state index contributed by atoms with van der Waals surface area (Å²) < 4.78 is 11.9. The Balaban J connectivity index is 1.63. The molecule has 0 radical (unpaired) electrons. The first-order valence-electron chi connectivity index (χ1n) is 8.81. The molecule has 0 aliphatic carbocycles. The van der Waals surface area contributed by atoms with Crippen molar-refractivity contribution in [1.82, 2.24) is 19.7 Å². The molecule has 10 heteroatoms. The van der Waals surface area contributed by atoms with Gasteiger partial charge in [-0.1, -0.05) is 0 Å². The SMILES string of the molecule is CCOC(=O)Nc1ccc2c(CSc3ncnc4c3cnn4C)cc(=O)oc2c1. The molecule has 0 aliphatic heterocycles. The van der Waals surface area contributed by atoms with Crippen molar-refractivity contribution in [3.05, 3.63) is 52.8 Å². The summed E-state index contributed by atoms with van der Waals surface area (Å²) in [5.41, 5.74) is 1.96. The fraction of sp³-hybridized carbons (Fsp3) is 0.211. The van der Waals surface area contributed by atoms with E-state index in [0.29, 0.717) is 17.0 Å². The van der Waals surface area contributed by atoms with Crippen molar-refractivity contribution in [3.63, 3.8) is 0 Å². The number of aromatic nitrogens is 4. The van der Waals surface area contributed by atoms with Crippen molar-refractivity contribution in [2.75, 3.05) is 11.9 Å². The highest BCUT2D eigenvalue weighted by Gasteiger charge is 2.12.